The molecule has 94 valence electrons. The molecule has 0 spiro atoms. The molecule has 0 bridgehead atoms. The van der Waals surface area contributed by atoms with E-state index in [1.807, 2.05) is 0 Å². The first-order valence-electron chi connectivity index (χ1n) is 7.11. The van der Waals surface area contributed by atoms with Gasteiger partial charge in [0.1, 0.15) is 0 Å². The molecular weight excluding hydrogens is 196 g/mol. The minimum atomic E-state index is 0.742. The van der Waals surface area contributed by atoms with Gasteiger partial charge in [0.2, 0.25) is 0 Å². The fourth-order valence-electron chi connectivity index (χ4n) is 3.09. The maximum Gasteiger partial charge on any atom is 0.00387 e. The van der Waals surface area contributed by atoms with E-state index in [1.54, 1.807) is 0 Å². The van der Waals surface area contributed by atoms with Gasteiger partial charge >= 0.3 is 0 Å². The van der Waals surface area contributed by atoms with E-state index in [2.05, 4.69) is 30.6 Å². The highest BCUT2D eigenvalue weighted by atomic mass is 15.2. The molecule has 0 saturated carbocycles. The fraction of sp³-hybridized carbons (Fsp3) is 1.00. The number of piperidine rings is 1. The summed E-state index contributed by atoms with van der Waals surface area (Å²) < 4.78 is 0. The van der Waals surface area contributed by atoms with Crippen molar-refractivity contribution in [3.8, 4) is 0 Å². The summed E-state index contributed by atoms with van der Waals surface area (Å²) in [7, 11) is 0. The van der Waals surface area contributed by atoms with Gasteiger partial charge in [-0.3, -0.25) is 0 Å². The second-order valence-corrected chi connectivity index (χ2v) is 6.23. The van der Waals surface area contributed by atoms with E-state index in [0.29, 0.717) is 0 Å². The molecular formula is C14H28N2. The summed E-state index contributed by atoms with van der Waals surface area (Å²) in [5.74, 6) is 1.91. The first kappa shape index (κ1) is 12.4. The Kier molecular flexibility index (Phi) is 4.26. The van der Waals surface area contributed by atoms with Crippen LogP contribution in [0.25, 0.3) is 0 Å². The molecule has 0 N–H and O–H groups in total. The van der Waals surface area contributed by atoms with Crippen LogP contribution in [0.4, 0.5) is 0 Å². The van der Waals surface area contributed by atoms with Crippen molar-refractivity contribution in [3.05, 3.63) is 0 Å². The van der Waals surface area contributed by atoms with Crippen molar-refractivity contribution >= 4 is 0 Å². The van der Waals surface area contributed by atoms with Gasteiger partial charge in [-0.1, -0.05) is 6.92 Å². The van der Waals surface area contributed by atoms with Gasteiger partial charge in [-0.2, -0.15) is 0 Å². The average molecular weight is 224 g/mol. The van der Waals surface area contributed by atoms with E-state index in [9.17, 15) is 0 Å². The highest BCUT2D eigenvalue weighted by Crippen LogP contribution is 2.22. The molecule has 1 atom stereocenters. The van der Waals surface area contributed by atoms with Crippen LogP contribution in [0.1, 0.15) is 40.0 Å². The maximum atomic E-state index is 2.70. The Bertz CT molecular complexity index is 207. The van der Waals surface area contributed by atoms with Crippen LogP contribution in [-0.2, 0) is 0 Å². The molecule has 2 saturated heterocycles. The van der Waals surface area contributed by atoms with Crippen LogP contribution in [0.2, 0.25) is 0 Å². The predicted molar refractivity (Wildman–Crippen MR) is 69.7 cm³/mol. The predicted octanol–water partition coefficient (Wildman–Crippen LogP) is 2.45. The van der Waals surface area contributed by atoms with Crippen LogP contribution in [0.3, 0.4) is 0 Å². The third-order valence-electron chi connectivity index (χ3n) is 4.44. The van der Waals surface area contributed by atoms with E-state index >= 15 is 0 Å². The van der Waals surface area contributed by atoms with Gasteiger partial charge < -0.3 is 9.80 Å². The number of nitrogens with zero attached hydrogens (tertiary/aromatic N) is 2. The minimum Gasteiger partial charge on any atom is -0.303 e. The van der Waals surface area contributed by atoms with Crippen LogP contribution in [-0.4, -0.2) is 48.6 Å². The summed E-state index contributed by atoms with van der Waals surface area (Å²) in [4.78, 5) is 5.34. The van der Waals surface area contributed by atoms with Crippen molar-refractivity contribution in [2.45, 2.75) is 46.1 Å². The molecule has 2 fully saturated rings. The van der Waals surface area contributed by atoms with Gasteiger partial charge in [0, 0.05) is 19.1 Å². The maximum absolute atomic E-state index is 2.70. The second-order valence-electron chi connectivity index (χ2n) is 6.23. The summed E-state index contributed by atoms with van der Waals surface area (Å²) in [6, 6.07) is 0.742. The molecule has 0 aliphatic carbocycles. The summed E-state index contributed by atoms with van der Waals surface area (Å²) in [5, 5.41) is 0. The molecule has 0 amide bonds. The van der Waals surface area contributed by atoms with Gasteiger partial charge in [-0.05, 0) is 64.6 Å². The van der Waals surface area contributed by atoms with Crippen LogP contribution in [0.15, 0.2) is 0 Å². The van der Waals surface area contributed by atoms with Gasteiger partial charge in [0.05, 0.1) is 0 Å². The summed E-state index contributed by atoms with van der Waals surface area (Å²) in [6.45, 7) is 13.8. The number of rotatable bonds is 3. The quantitative estimate of drug-likeness (QED) is 0.726. The highest BCUT2D eigenvalue weighted by Gasteiger charge is 2.26. The van der Waals surface area contributed by atoms with Crippen molar-refractivity contribution in [1.82, 2.24) is 9.80 Å². The topological polar surface area (TPSA) is 6.48 Å². The molecule has 2 heterocycles. The molecule has 2 heteroatoms. The zero-order valence-corrected chi connectivity index (χ0v) is 11.3. The first-order valence-corrected chi connectivity index (χ1v) is 7.11. The molecule has 2 aliphatic heterocycles. The highest BCUT2D eigenvalue weighted by molar-refractivity contribution is 4.81. The zero-order chi connectivity index (χ0) is 11.5. The van der Waals surface area contributed by atoms with E-state index < -0.39 is 0 Å². The Morgan fingerprint density at radius 2 is 1.75 bits per heavy atom. The van der Waals surface area contributed by atoms with Crippen molar-refractivity contribution in [2.75, 3.05) is 32.7 Å². The van der Waals surface area contributed by atoms with Crippen LogP contribution in [0, 0.1) is 11.8 Å². The van der Waals surface area contributed by atoms with Gasteiger partial charge in [0.15, 0.2) is 0 Å². The molecule has 2 nitrogen and oxygen atoms in total. The Balaban J connectivity index is 1.71. The van der Waals surface area contributed by atoms with E-state index in [1.165, 1.54) is 52.0 Å². The molecule has 1 unspecified atom stereocenters. The SMILES string of the molecule is CC1CCN(CC2CCN(C(C)C)C2)CC1. The lowest BCUT2D eigenvalue weighted by Gasteiger charge is -2.32. The van der Waals surface area contributed by atoms with Gasteiger partial charge in [-0.15, -0.1) is 0 Å². The summed E-state index contributed by atoms with van der Waals surface area (Å²) in [5.41, 5.74) is 0. The molecule has 0 aromatic carbocycles. The van der Waals surface area contributed by atoms with E-state index in [0.717, 1.165) is 17.9 Å². The third-order valence-corrected chi connectivity index (χ3v) is 4.44. The van der Waals surface area contributed by atoms with Crippen molar-refractivity contribution in [1.29, 1.82) is 0 Å². The Labute approximate surface area is 101 Å². The smallest absolute Gasteiger partial charge is 0.00387 e. The normalized spacial score (nSPS) is 30.4. The lowest BCUT2D eigenvalue weighted by atomic mass is 9.98. The summed E-state index contributed by atoms with van der Waals surface area (Å²) in [6.07, 6.45) is 4.26. The molecule has 0 aromatic heterocycles. The lowest BCUT2D eigenvalue weighted by molar-refractivity contribution is 0.163. The van der Waals surface area contributed by atoms with Crippen LogP contribution >= 0.6 is 0 Å². The van der Waals surface area contributed by atoms with Crippen LogP contribution in [0.5, 0.6) is 0 Å². The number of likely N-dealkylation sites (tertiary alicyclic amines) is 2. The average Bonchev–Trinajstić information content (AvgIpc) is 2.70. The second kappa shape index (κ2) is 5.50. The van der Waals surface area contributed by atoms with Gasteiger partial charge in [-0.25, -0.2) is 0 Å². The monoisotopic (exact) mass is 224 g/mol. The Morgan fingerprint density at radius 3 is 2.31 bits per heavy atom. The molecule has 0 radical (unpaired) electrons. The molecule has 2 rings (SSSR count). The minimum absolute atomic E-state index is 0.742. The third kappa shape index (κ3) is 3.21. The van der Waals surface area contributed by atoms with E-state index in [4.69, 9.17) is 0 Å². The molecule has 2 aliphatic rings. The van der Waals surface area contributed by atoms with Crippen LogP contribution < -0.4 is 0 Å². The number of hydrogen-bond acceptors (Lipinski definition) is 2. The molecule has 16 heavy (non-hydrogen) atoms. The van der Waals surface area contributed by atoms with Crippen molar-refractivity contribution in [2.24, 2.45) is 11.8 Å². The zero-order valence-electron chi connectivity index (χ0n) is 11.3. The summed E-state index contributed by atoms with van der Waals surface area (Å²) >= 11 is 0. The first-order chi connectivity index (χ1) is 7.65. The van der Waals surface area contributed by atoms with Crippen molar-refractivity contribution in [3.63, 3.8) is 0 Å². The van der Waals surface area contributed by atoms with Crippen molar-refractivity contribution < 1.29 is 0 Å². The van der Waals surface area contributed by atoms with E-state index in [-0.39, 0.29) is 0 Å². The Hall–Kier alpha value is -0.0800. The standard InChI is InChI=1S/C14H28N2/c1-12(2)16-9-6-14(11-16)10-15-7-4-13(3)5-8-15/h12-14H,4-11H2,1-3H3. The number of hydrogen-bond donors (Lipinski definition) is 0. The van der Waals surface area contributed by atoms with Gasteiger partial charge in [0.25, 0.3) is 0 Å². The largest absolute Gasteiger partial charge is 0.303 e. The lowest BCUT2D eigenvalue weighted by Crippen LogP contribution is -2.37. The molecule has 0 aromatic rings. The fourth-order valence-corrected chi connectivity index (χ4v) is 3.09. The Morgan fingerprint density at radius 1 is 1.06 bits per heavy atom.